The van der Waals surface area contributed by atoms with Crippen LogP contribution >= 0.6 is 47.8 Å². The van der Waals surface area contributed by atoms with Crippen LogP contribution in [-0.4, -0.2) is 50.6 Å². The maximum Gasteiger partial charge on any atom is 0.494 e. The molecule has 0 amide bonds. The second kappa shape index (κ2) is 24.9. The summed E-state index contributed by atoms with van der Waals surface area (Å²) in [6.07, 6.45) is 3.57. The first kappa shape index (κ1) is 50.0. The van der Waals surface area contributed by atoms with Gasteiger partial charge in [0.1, 0.15) is 0 Å². The van der Waals surface area contributed by atoms with Crippen LogP contribution in [0, 0.1) is 12.1 Å². The van der Waals surface area contributed by atoms with E-state index in [1.165, 1.54) is 33.4 Å². The minimum absolute atomic E-state index is 0. The van der Waals surface area contributed by atoms with Crippen LogP contribution in [-0.2, 0) is 74.6 Å². The molecule has 343 valence electrons. The van der Waals surface area contributed by atoms with Crippen molar-refractivity contribution in [3.05, 3.63) is 212 Å². The first-order chi connectivity index (χ1) is 32.9. The third-order valence-electron chi connectivity index (χ3n) is 11.1. The van der Waals surface area contributed by atoms with Gasteiger partial charge in [-0.15, -0.1) is 65.7 Å². The molecule has 4 aliphatic heterocycles. The van der Waals surface area contributed by atoms with Crippen molar-refractivity contribution in [1.82, 2.24) is 9.97 Å². The summed E-state index contributed by atoms with van der Waals surface area (Å²) in [5, 5.41) is 0. The monoisotopic (exact) mass is 1270 g/mol. The van der Waals surface area contributed by atoms with Crippen molar-refractivity contribution in [1.29, 1.82) is 0 Å². The smallest absolute Gasteiger partial charge is 0.405 e. The first-order valence-electron chi connectivity index (χ1n) is 21.9. The predicted octanol–water partition coefficient (Wildman–Crippen LogP) is 11.6. The van der Waals surface area contributed by atoms with E-state index in [9.17, 15) is 0 Å². The normalized spacial score (nSPS) is 14.3. The summed E-state index contributed by atoms with van der Waals surface area (Å²) < 4.78 is 37.3. The van der Waals surface area contributed by atoms with E-state index in [0.29, 0.717) is 52.9 Å². The fourth-order valence-electron chi connectivity index (χ4n) is 8.00. The SMILES string of the molecule is Brc1cc[c-]c(-c2ccccn2)c1.Brc1ccc2c(c1)COCc1cc(Br)ccc1-2.[Ir].[c-]1ccccc1-c1ccccn1.c1cc2c(cc1B1OCCO1)COCc1cc(B3OCCO3)ccc1-2. The van der Waals surface area contributed by atoms with E-state index in [1.54, 1.807) is 12.4 Å². The van der Waals surface area contributed by atoms with Crippen molar-refractivity contribution in [3.63, 3.8) is 0 Å². The summed E-state index contributed by atoms with van der Waals surface area (Å²) in [7, 11) is -0.515. The second-order valence-corrected chi connectivity index (χ2v) is 18.4. The quantitative estimate of drug-likeness (QED) is 0.127. The minimum Gasteiger partial charge on any atom is -0.405 e. The minimum atomic E-state index is -0.257. The molecule has 0 unspecified atom stereocenters. The zero-order chi connectivity index (χ0) is 45.8. The molecule has 2 aromatic heterocycles. The van der Waals surface area contributed by atoms with Crippen LogP contribution < -0.4 is 10.9 Å². The molecule has 12 rings (SSSR count). The fourth-order valence-corrected chi connectivity index (χ4v) is 9.18. The molecule has 8 aromatic rings. The zero-order valence-corrected chi connectivity index (χ0v) is 43.9. The van der Waals surface area contributed by atoms with Gasteiger partial charge in [0.05, 0.1) is 52.9 Å². The Balaban J connectivity index is 0.000000128. The molecule has 2 fully saturated rings. The van der Waals surface area contributed by atoms with Crippen molar-refractivity contribution < 1.29 is 48.2 Å². The third kappa shape index (κ3) is 13.1. The Labute approximate surface area is 437 Å². The molecule has 0 N–H and O–H groups in total. The predicted molar refractivity (Wildman–Crippen MR) is 275 cm³/mol. The number of halogens is 3. The molecule has 6 aromatic carbocycles. The number of hydrogen-bond acceptors (Lipinski definition) is 8. The van der Waals surface area contributed by atoms with Gasteiger partial charge in [-0.1, -0.05) is 125 Å². The van der Waals surface area contributed by atoms with Gasteiger partial charge in [-0.2, -0.15) is 0 Å². The number of rotatable bonds is 4. The zero-order valence-electron chi connectivity index (χ0n) is 36.7. The molecule has 0 saturated carbocycles. The van der Waals surface area contributed by atoms with Crippen LogP contribution in [0.5, 0.6) is 0 Å². The Morgan fingerprint density at radius 2 is 0.838 bits per heavy atom. The molecular formula is C54H43B2Br3IrN2O6-2. The number of benzene rings is 6. The van der Waals surface area contributed by atoms with Crippen LogP contribution in [0.1, 0.15) is 22.3 Å². The largest absolute Gasteiger partial charge is 0.494 e. The van der Waals surface area contributed by atoms with Gasteiger partial charge in [-0.3, -0.25) is 0 Å². The standard InChI is InChI=1S/C18H18B2O5.C14H10Br2O.C11H7BrN.C11H8N.Ir/c1-3-17-13(9-15(1)19-22-5-6-23-19)11-21-12-14-10-16(2-4-18(14)17)20-24-7-8-25-20;15-11-1-3-13-9(5-11)7-17-8-10-6-12(16)2-4-14(10)13;12-10-5-3-4-9(8-10)11-6-1-2-7-13-11;1-2-6-10(7-3-1)11-8-4-5-9-12-11;/h1-4,9-10H,5-8,11-12H2;1-6H,7-8H2;1-3,5-8H;1-6,8-9H;/q;;2*-1;. The Morgan fingerprint density at radius 3 is 1.28 bits per heavy atom. The molecule has 68 heavy (non-hydrogen) atoms. The van der Waals surface area contributed by atoms with Gasteiger partial charge < -0.3 is 38.1 Å². The molecule has 14 heteroatoms. The molecule has 2 saturated heterocycles. The molecule has 0 bridgehead atoms. The molecule has 8 nitrogen and oxygen atoms in total. The fraction of sp³-hybridized carbons (Fsp3) is 0.148. The first-order valence-corrected chi connectivity index (χ1v) is 24.2. The van der Waals surface area contributed by atoms with Crippen LogP contribution in [0.4, 0.5) is 0 Å². The summed E-state index contributed by atoms with van der Waals surface area (Å²) in [6.45, 7) is 5.09. The van der Waals surface area contributed by atoms with Gasteiger partial charge in [0, 0.05) is 41.4 Å². The number of pyridine rings is 2. The maximum atomic E-state index is 5.92. The summed E-state index contributed by atoms with van der Waals surface area (Å²) in [5.41, 5.74) is 15.8. The number of ether oxygens (including phenoxy) is 2. The van der Waals surface area contributed by atoms with Gasteiger partial charge in [0.15, 0.2) is 0 Å². The van der Waals surface area contributed by atoms with Gasteiger partial charge >= 0.3 is 14.2 Å². The third-order valence-corrected chi connectivity index (χ3v) is 12.6. The van der Waals surface area contributed by atoms with E-state index in [4.69, 9.17) is 28.1 Å². The van der Waals surface area contributed by atoms with Crippen LogP contribution in [0.2, 0.25) is 0 Å². The Kier molecular flexibility index (Phi) is 18.3. The van der Waals surface area contributed by atoms with Gasteiger partial charge in [-0.25, -0.2) is 0 Å². The number of nitrogens with zero attached hydrogens (tertiary/aromatic N) is 2. The van der Waals surface area contributed by atoms with Crippen LogP contribution in [0.25, 0.3) is 44.8 Å². The molecule has 1 radical (unpaired) electrons. The Morgan fingerprint density at radius 1 is 0.412 bits per heavy atom. The van der Waals surface area contributed by atoms with Crippen LogP contribution in [0.3, 0.4) is 0 Å². The maximum absolute atomic E-state index is 5.92. The second-order valence-electron chi connectivity index (χ2n) is 15.7. The summed E-state index contributed by atoms with van der Waals surface area (Å²) in [6, 6.07) is 57.1. The van der Waals surface area contributed by atoms with E-state index in [1.807, 2.05) is 78.9 Å². The molecule has 0 spiro atoms. The number of aromatic nitrogens is 2. The van der Waals surface area contributed by atoms with E-state index in [0.717, 1.165) is 58.0 Å². The molecular weight excluding hydrogens is 1230 g/mol. The number of hydrogen-bond donors (Lipinski definition) is 0. The van der Waals surface area contributed by atoms with Crippen molar-refractivity contribution in [2.75, 3.05) is 26.4 Å². The summed E-state index contributed by atoms with van der Waals surface area (Å²) >= 11 is 10.4. The molecule has 0 aliphatic carbocycles. The Hall–Kier alpha value is -4.40. The molecule has 4 aliphatic rings. The van der Waals surface area contributed by atoms with Gasteiger partial charge in [-0.05, 0) is 103 Å². The average Bonchev–Trinajstić information content (AvgIpc) is 4.07. The number of fused-ring (bicyclic) bond motifs is 6. The van der Waals surface area contributed by atoms with Crippen LogP contribution in [0.15, 0.2) is 177 Å². The van der Waals surface area contributed by atoms with E-state index in [2.05, 4.69) is 143 Å². The van der Waals surface area contributed by atoms with Crippen molar-refractivity contribution in [2.45, 2.75) is 26.4 Å². The van der Waals surface area contributed by atoms with Gasteiger partial charge in [0.25, 0.3) is 0 Å². The Bertz CT molecular complexity index is 2740. The van der Waals surface area contributed by atoms with Crippen molar-refractivity contribution >= 4 is 73.0 Å². The summed E-state index contributed by atoms with van der Waals surface area (Å²) in [4.78, 5) is 8.46. The van der Waals surface area contributed by atoms with E-state index >= 15 is 0 Å². The summed E-state index contributed by atoms with van der Waals surface area (Å²) in [5.74, 6) is 0. The topological polar surface area (TPSA) is 81.2 Å². The van der Waals surface area contributed by atoms with E-state index < -0.39 is 0 Å². The molecule has 6 heterocycles. The van der Waals surface area contributed by atoms with Crippen molar-refractivity contribution in [3.8, 4) is 44.8 Å². The molecule has 0 atom stereocenters. The van der Waals surface area contributed by atoms with Crippen molar-refractivity contribution in [2.24, 2.45) is 0 Å². The average molecular weight is 1270 g/mol. The van der Waals surface area contributed by atoms with Gasteiger partial charge in [0.2, 0.25) is 0 Å². The van der Waals surface area contributed by atoms with E-state index in [-0.39, 0.29) is 34.3 Å².